The van der Waals surface area contributed by atoms with Crippen LogP contribution in [0.3, 0.4) is 0 Å². The van der Waals surface area contributed by atoms with Gasteiger partial charge in [-0.2, -0.15) is 0 Å². The lowest BCUT2D eigenvalue weighted by Gasteiger charge is -2.11. The number of aliphatic imine (C=N–C) groups is 1. The number of nitrogen functional groups attached to an aromatic ring is 2. The summed E-state index contributed by atoms with van der Waals surface area (Å²) in [5, 5.41) is 0. The Labute approximate surface area is 177 Å². The summed E-state index contributed by atoms with van der Waals surface area (Å²) in [5.74, 6) is 0.580. The highest BCUT2D eigenvalue weighted by Crippen LogP contribution is 2.31. The van der Waals surface area contributed by atoms with E-state index in [1.165, 1.54) is 16.7 Å². The van der Waals surface area contributed by atoms with Gasteiger partial charge in [0.25, 0.3) is 5.91 Å². The predicted octanol–water partition coefficient (Wildman–Crippen LogP) is 4.31. The average Bonchev–Trinajstić information content (AvgIpc) is 2.73. The Morgan fingerprint density at radius 1 is 1.00 bits per heavy atom. The van der Waals surface area contributed by atoms with Gasteiger partial charge >= 0.3 is 0 Å². The lowest BCUT2D eigenvalue weighted by atomic mass is 9.99. The van der Waals surface area contributed by atoms with Crippen molar-refractivity contribution in [2.24, 2.45) is 4.99 Å². The number of ether oxygens (including phenoxy) is 1. The van der Waals surface area contributed by atoms with E-state index in [4.69, 9.17) is 16.2 Å². The minimum absolute atomic E-state index is 0.146. The molecule has 0 spiro atoms. The second-order valence-corrected chi connectivity index (χ2v) is 6.86. The molecular formula is C24H28N4O2. The molecule has 0 fully saturated rings. The van der Waals surface area contributed by atoms with Gasteiger partial charge in [-0.15, -0.1) is 0 Å². The number of hydrogen-bond donors (Lipinski definition) is 2. The van der Waals surface area contributed by atoms with Gasteiger partial charge in [0.05, 0.1) is 24.7 Å². The van der Waals surface area contributed by atoms with Crippen LogP contribution in [0.5, 0.6) is 5.75 Å². The van der Waals surface area contributed by atoms with Gasteiger partial charge in [-0.3, -0.25) is 9.79 Å². The first kappa shape index (κ1) is 22.5. The summed E-state index contributed by atoms with van der Waals surface area (Å²) < 4.78 is 5.24. The smallest absolute Gasteiger partial charge is 0.264 e. The first-order valence-corrected chi connectivity index (χ1v) is 9.42. The van der Waals surface area contributed by atoms with E-state index in [1.54, 1.807) is 45.5 Å². The monoisotopic (exact) mass is 404 g/mol. The number of carbonyl (C=O) groups excluding carboxylic acids is 1. The zero-order valence-corrected chi connectivity index (χ0v) is 17.8. The van der Waals surface area contributed by atoms with E-state index in [9.17, 15) is 4.79 Å². The van der Waals surface area contributed by atoms with Gasteiger partial charge in [0, 0.05) is 19.8 Å². The number of aryl methyl sites for hydroxylation is 1. The van der Waals surface area contributed by atoms with Gasteiger partial charge in [0.1, 0.15) is 5.75 Å². The third-order valence-corrected chi connectivity index (χ3v) is 4.30. The first-order chi connectivity index (χ1) is 14.3. The number of benzene rings is 3. The maximum atomic E-state index is 11.1. The quantitative estimate of drug-likeness (QED) is 0.500. The van der Waals surface area contributed by atoms with Crippen LogP contribution in [0.4, 0.5) is 17.1 Å². The van der Waals surface area contributed by atoms with Crippen LogP contribution in [0.15, 0.2) is 71.7 Å². The molecule has 30 heavy (non-hydrogen) atoms. The largest absolute Gasteiger partial charge is 0.495 e. The Bertz CT molecular complexity index is 1010. The highest BCUT2D eigenvalue weighted by Gasteiger charge is 2.06. The Morgan fingerprint density at radius 3 is 2.30 bits per heavy atom. The van der Waals surface area contributed by atoms with Crippen molar-refractivity contribution in [3.63, 3.8) is 0 Å². The number of carbonyl (C=O) groups is 1. The molecular weight excluding hydrogens is 376 g/mol. The van der Waals surface area contributed by atoms with Crippen LogP contribution in [0.25, 0.3) is 11.1 Å². The fourth-order valence-electron chi connectivity index (χ4n) is 2.67. The van der Waals surface area contributed by atoms with Crippen molar-refractivity contribution < 1.29 is 9.53 Å². The number of rotatable bonds is 4. The second-order valence-electron chi connectivity index (χ2n) is 6.86. The van der Waals surface area contributed by atoms with Gasteiger partial charge in [-0.25, -0.2) is 0 Å². The summed E-state index contributed by atoms with van der Waals surface area (Å²) in [5.41, 5.74) is 16.9. The van der Waals surface area contributed by atoms with Gasteiger partial charge in [-0.1, -0.05) is 36.4 Å². The molecule has 0 saturated heterocycles. The second kappa shape index (κ2) is 10.7. The molecule has 0 radical (unpaired) electrons. The molecule has 0 unspecified atom stereocenters. The molecule has 3 aromatic rings. The van der Waals surface area contributed by atoms with Crippen LogP contribution in [0, 0.1) is 6.92 Å². The maximum absolute atomic E-state index is 11.1. The van der Waals surface area contributed by atoms with Gasteiger partial charge < -0.3 is 21.1 Å². The lowest BCUT2D eigenvalue weighted by Crippen LogP contribution is -2.22. The van der Waals surface area contributed by atoms with Crippen molar-refractivity contribution in [1.29, 1.82) is 0 Å². The van der Waals surface area contributed by atoms with Crippen LogP contribution >= 0.6 is 0 Å². The highest BCUT2D eigenvalue weighted by atomic mass is 16.5. The lowest BCUT2D eigenvalue weighted by molar-refractivity contribution is -0.121. The SMILES string of the molecule is CN(C)C(=O)C=Nc1cccc(N)c1.COc1cc(-c2ccccc2)c(C)cc1N. The van der Waals surface area contributed by atoms with Crippen LogP contribution < -0.4 is 16.2 Å². The van der Waals surface area contributed by atoms with Crippen LogP contribution in [0.2, 0.25) is 0 Å². The molecule has 0 aliphatic carbocycles. The number of hydrogen-bond acceptors (Lipinski definition) is 5. The van der Waals surface area contributed by atoms with Crippen LogP contribution in [0.1, 0.15) is 5.56 Å². The standard InChI is InChI=1S/C14H15NO.C10H13N3O/c1-10-8-13(15)14(16-2)9-12(10)11-6-4-3-5-7-11;1-13(2)10(14)7-12-9-5-3-4-8(11)6-9/h3-9H,15H2,1-2H3;3-7H,11H2,1-2H3. The highest BCUT2D eigenvalue weighted by molar-refractivity contribution is 6.26. The van der Waals surface area contributed by atoms with Gasteiger partial charge in [0.2, 0.25) is 0 Å². The van der Waals surface area contributed by atoms with Crippen molar-refractivity contribution in [1.82, 2.24) is 4.90 Å². The molecule has 1 amide bonds. The number of amides is 1. The fourth-order valence-corrected chi connectivity index (χ4v) is 2.67. The Balaban J connectivity index is 0.000000216. The molecule has 6 nitrogen and oxygen atoms in total. The van der Waals surface area contributed by atoms with Gasteiger partial charge in [-0.05, 0) is 53.9 Å². The van der Waals surface area contributed by atoms with Crippen molar-refractivity contribution in [2.45, 2.75) is 6.92 Å². The van der Waals surface area contributed by atoms with Gasteiger partial charge in [0.15, 0.2) is 0 Å². The number of anilines is 2. The van der Waals surface area contributed by atoms with E-state index in [-0.39, 0.29) is 5.91 Å². The zero-order chi connectivity index (χ0) is 22.1. The summed E-state index contributed by atoms with van der Waals surface area (Å²) in [7, 11) is 4.98. The summed E-state index contributed by atoms with van der Waals surface area (Å²) in [6.45, 7) is 2.05. The van der Waals surface area contributed by atoms with Crippen LogP contribution in [-0.4, -0.2) is 38.2 Å². The predicted molar refractivity (Wildman–Crippen MR) is 125 cm³/mol. The third-order valence-electron chi connectivity index (χ3n) is 4.30. The Hall–Kier alpha value is -3.80. The molecule has 3 aromatic carbocycles. The summed E-state index contributed by atoms with van der Waals surface area (Å²) in [4.78, 5) is 16.6. The minimum Gasteiger partial charge on any atom is -0.495 e. The molecule has 4 N–H and O–H groups in total. The van der Waals surface area contributed by atoms with E-state index in [1.807, 2.05) is 30.3 Å². The molecule has 6 heteroatoms. The fraction of sp³-hybridized carbons (Fsp3) is 0.167. The molecule has 0 aliphatic rings. The molecule has 3 rings (SSSR count). The molecule has 156 valence electrons. The Kier molecular flexibility index (Phi) is 7.99. The van der Waals surface area contributed by atoms with E-state index >= 15 is 0 Å². The van der Waals surface area contributed by atoms with E-state index in [0.29, 0.717) is 17.1 Å². The molecule has 0 bridgehead atoms. The maximum Gasteiger partial charge on any atom is 0.264 e. The summed E-state index contributed by atoms with van der Waals surface area (Å²) in [6.07, 6.45) is 1.27. The Morgan fingerprint density at radius 2 is 1.70 bits per heavy atom. The average molecular weight is 405 g/mol. The molecule has 0 saturated carbocycles. The number of nitrogens with zero attached hydrogens (tertiary/aromatic N) is 2. The summed E-state index contributed by atoms with van der Waals surface area (Å²) >= 11 is 0. The van der Waals surface area contributed by atoms with E-state index < -0.39 is 0 Å². The summed E-state index contributed by atoms with van der Waals surface area (Å²) in [6, 6.07) is 21.2. The van der Waals surface area contributed by atoms with Crippen molar-refractivity contribution in [2.75, 3.05) is 32.7 Å². The van der Waals surface area contributed by atoms with Crippen molar-refractivity contribution in [3.05, 3.63) is 72.3 Å². The van der Waals surface area contributed by atoms with Crippen LogP contribution in [-0.2, 0) is 4.79 Å². The normalized spacial score (nSPS) is 10.3. The molecule has 0 aromatic heterocycles. The van der Waals surface area contributed by atoms with E-state index in [0.717, 1.165) is 16.9 Å². The molecule has 0 heterocycles. The number of nitrogens with two attached hydrogens (primary N) is 2. The first-order valence-electron chi connectivity index (χ1n) is 9.42. The van der Waals surface area contributed by atoms with Crippen molar-refractivity contribution in [3.8, 4) is 16.9 Å². The molecule has 0 atom stereocenters. The molecule has 0 aliphatic heterocycles. The third kappa shape index (κ3) is 6.38. The number of methoxy groups -OCH3 is 1. The van der Waals surface area contributed by atoms with Crippen molar-refractivity contribution >= 4 is 29.2 Å². The zero-order valence-electron chi connectivity index (χ0n) is 17.8. The van der Waals surface area contributed by atoms with E-state index in [2.05, 4.69) is 24.0 Å². The topological polar surface area (TPSA) is 93.9 Å². The minimum atomic E-state index is -0.146.